The molecule has 4 rings (SSSR count). The van der Waals surface area contributed by atoms with Crippen LogP contribution in [0.25, 0.3) is 0 Å². The van der Waals surface area contributed by atoms with Crippen LogP contribution in [0.15, 0.2) is 36.5 Å². The summed E-state index contributed by atoms with van der Waals surface area (Å²) in [6.07, 6.45) is -2.11. The van der Waals surface area contributed by atoms with E-state index in [1.165, 1.54) is 29.2 Å². The zero-order valence-corrected chi connectivity index (χ0v) is 17.1. The van der Waals surface area contributed by atoms with Crippen LogP contribution in [-0.2, 0) is 9.53 Å². The predicted molar refractivity (Wildman–Crippen MR) is 108 cm³/mol. The van der Waals surface area contributed by atoms with Crippen LogP contribution in [0.4, 0.5) is 29.5 Å². The minimum atomic E-state index is -4.79. The summed E-state index contributed by atoms with van der Waals surface area (Å²) in [5.41, 5.74) is 1.81. The SMILES string of the molecule is Cc1cnc2c(c1)NC(=O)CN2C(=O)NC(c1ccc(OC(F)(F)F)cc1)C1CCCO1. The van der Waals surface area contributed by atoms with E-state index >= 15 is 0 Å². The molecule has 0 saturated carbocycles. The van der Waals surface area contributed by atoms with Crippen molar-refractivity contribution in [3.05, 3.63) is 47.7 Å². The third-order valence-corrected chi connectivity index (χ3v) is 5.17. The van der Waals surface area contributed by atoms with Crippen molar-refractivity contribution in [2.75, 3.05) is 23.4 Å². The number of nitrogens with zero attached hydrogens (tertiary/aromatic N) is 2. The lowest BCUT2D eigenvalue weighted by molar-refractivity contribution is -0.274. The van der Waals surface area contributed by atoms with Crippen LogP contribution in [0, 0.1) is 6.92 Å². The smallest absolute Gasteiger partial charge is 0.406 e. The van der Waals surface area contributed by atoms with Crippen LogP contribution in [0.3, 0.4) is 0 Å². The third-order valence-electron chi connectivity index (χ3n) is 5.17. The summed E-state index contributed by atoms with van der Waals surface area (Å²) in [5.74, 6) is -0.407. The molecule has 3 heterocycles. The fourth-order valence-electron chi connectivity index (χ4n) is 3.79. The maximum atomic E-state index is 13.2. The second kappa shape index (κ2) is 8.65. The second-order valence-electron chi connectivity index (χ2n) is 7.61. The maximum Gasteiger partial charge on any atom is 0.573 e. The molecule has 2 N–H and O–H groups in total. The number of benzene rings is 1. The molecule has 32 heavy (non-hydrogen) atoms. The molecule has 3 amide bonds. The van der Waals surface area contributed by atoms with Gasteiger partial charge in [-0.3, -0.25) is 9.69 Å². The molecule has 11 heteroatoms. The lowest BCUT2D eigenvalue weighted by Gasteiger charge is -2.31. The number of rotatable bonds is 4. The topological polar surface area (TPSA) is 92.8 Å². The lowest BCUT2D eigenvalue weighted by atomic mass is 9.99. The Balaban J connectivity index is 1.57. The van der Waals surface area contributed by atoms with Gasteiger partial charge in [-0.1, -0.05) is 12.1 Å². The van der Waals surface area contributed by atoms with E-state index in [0.29, 0.717) is 30.1 Å². The van der Waals surface area contributed by atoms with Crippen LogP contribution >= 0.6 is 0 Å². The first-order valence-corrected chi connectivity index (χ1v) is 10.0. The van der Waals surface area contributed by atoms with E-state index in [-0.39, 0.29) is 24.3 Å². The van der Waals surface area contributed by atoms with Gasteiger partial charge in [0.1, 0.15) is 12.3 Å². The van der Waals surface area contributed by atoms with Gasteiger partial charge >= 0.3 is 12.4 Å². The van der Waals surface area contributed by atoms with Crippen LogP contribution < -0.4 is 20.3 Å². The number of carbonyl (C=O) groups is 2. The fraction of sp³-hybridized carbons (Fsp3) is 0.381. The number of nitrogens with one attached hydrogen (secondary N) is 2. The fourth-order valence-corrected chi connectivity index (χ4v) is 3.79. The molecule has 0 aliphatic carbocycles. The predicted octanol–water partition coefficient (Wildman–Crippen LogP) is 3.68. The van der Waals surface area contributed by atoms with E-state index in [4.69, 9.17) is 4.74 Å². The van der Waals surface area contributed by atoms with E-state index in [2.05, 4.69) is 20.4 Å². The molecular weight excluding hydrogens is 429 g/mol. The summed E-state index contributed by atoms with van der Waals surface area (Å²) < 4.78 is 47.0. The number of halogens is 3. The summed E-state index contributed by atoms with van der Waals surface area (Å²) in [7, 11) is 0. The van der Waals surface area contributed by atoms with Crippen molar-refractivity contribution in [1.29, 1.82) is 0 Å². The Morgan fingerprint density at radius 1 is 1.34 bits per heavy atom. The highest BCUT2D eigenvalue weighted by Crippen LogP contribution is 2.32. The summed E-state index contributed by atoms with van der Waals surface area (Å²) in [6.45, 7) is 2.12. The van der Waals surface area contributed by atoms with Gasteiger partial charge in [0.25, 0.3) is 0 Å². The standard InChI is InChI=1S/C21H21F3N4O4/c1-12-9-15-19(25-10-12)28(11-17(29)26-15)20(30)27-18(16-3-2-8-31-16)13-4-6-14(7-5-13)32-21(22,23)24/h4-7,9-10,16,18H,2-3,8,11H2,1H3,(H,26,29)(H,27,30). The average molecular weight is 450 g/mol. The van der Waals surface area contributed by atoms with Crippen LogP contribution in [0.5, 0.6) is 5.75 Å². The molecule has 0 spiro atoms. The highest BCUT2D eigenvalue weighted by Gasteiger charge is 2.34. The molecule has 2 aliphatic heterocycles. The molecule has 2 aliphatic rings. The molecule has 1 saturated heterocycles. The zero-order valence-electron chi connectivity index (χ0n) is 17.1. The quantitative estimate of drug-likeness (QED) is 0.742. The Labute approximate surface area is 181 Å². The number of fused-ring (bicyclic) bond motifs is 1. The van der Waals surface area contributed by atoms with E-state index in [0.717, 1.165) is 12.0 Å². The van der Waals surface area contributed by atoms with Gasteiger partial charge in [-0.15, -0.1) is 13.2 Å². The number of ether oxygens (including phenoxy) is 2. The van der Waals surface area contributed by atoms with Crippen molar-refractivity contribution >= 4 is 23.4 Å². The minimum absolute atomic E-state index is 0.217. The van der Waals surface area contributed by atoms with Gasteiger partial charge in [-0.2, -0.15) is 0 Å². The molecular formula is C21H21F3N4O4. The first-order valence-electron chi connectivity index (χ1n) is 10.0. The van der Waals surface area contributed by atoms with Gasteiger partial charge in [0.15, 0.2) is 5.82 Å². The number of alkyl halides is 3. The molecule has 170 valence electrons. The maximum absolute atomic E-state index is 13.2. The average Bonchev–Trinajstić information content (AvgIpc) is 3.25. The van der Waals surface area contributed by atoms with Crippen molar-refractivity contribution in [3.8, 4) is 5.75 Å². The molecule has 1 aromatic carbocycles. The van der Waals surface area contributed by atoms with Gasteiger partial charge in [-0.25, -0.2) is 9.78 Å². The molecule has 1 fully saturated rings. The Kier molecular flexibility index (Phi) is 5.92. The Bertz CT molecular complexity index is 1010. The van der Waals surface area contributed by atoms with Gasteiger partial charge < -0.3 is 20.1 Å². The lowest BCUT2D eigenvalue weighted by Crippen LogP contribution is -2.50. The molecule has 0 bridgehead atoms. The van der Waals surface area contributed by atoms with E-state index in [9.17, 15) is 22.8 Å². The number of hydrogen-bond donors (Lipinski definition) is 2. The monoisotopic (exact) mass is 450 g/mol. The van der Waals surface area contributed by atoms with Crippen molar-refractivity contribution in [2.45, 2.75) is 38.3 Å². The number of carbonyl (C=O) groups excluding carboxylic acids is 2. The van der Waals surface area contributed by atoms with Crippen LogP contribution in [-0.4, -0.2) is 42.5 Å². The molecule has 8 nitrogen and oxygen atoms in total. The van der Waals surface area contributed by atoms with Gasteiger partial charge in [0.2, 0.25) is 5.91 Å². The van der Waals surface area contributed by atoms with E-state index < -0.39 is 18.4 Å². The largest absolute Gasteiger partial charge is 0.573 e. The summed E-state index contributed by atoms with van der Waals surface area (Å²) in [4.78, 5) is 30.8. The normalized spacial score (nSPS) is 19.2. The number of pyridine rings is 1. The number of aryl methyl sites for hydroxylation is 1. The minimum Gasteiger partial charge on any atom is -0.406 e. The number of urea groups is 1. The number of amides is 3. The molecule has 1 aromatic heterocycles. The van der Waals surface area contributed by atoms with Crippen molar-refractivity contribution < 1.29 is 32.2 Å². The molecule has 2 atom stereocenters. The van der Waals surface area contributed by atoms with Crippen molar-refractivity contribution in [1.82, 2.24) is 10.3 Å². The highest BCUT2D eigenvalue weighted by molar-refractivity contribution is 6.08. The van der Waals surface area contributed by atoms with Crippen LogP contribution in [0.2, 0.25) is 0 Å². The van der Waals surface area contributed by atoms with Crippen LogP contribution in [0.1, 0.15) is 30.0 Å². The Morgan fingerprint density at radius 2 is 2.09 bits per heavy atom. The van der Waals surface area contributed by atoms with E-state index in [1.54, 1.807) is 12.3 Å². The molecule has 2 aromatic rings. The molecule has 0 radical (unpaired) electrons. The van der Waals surface area contributed by atoms with Gasteiger partial charge in [-0.05, 0) is 49.1 Å². The number of aromatic nitrogens is 1. The summed E-state index contributed by atoms with van der Waals surface area (Å²) in [6, 6.07) is 5.79. The number of anilines is 2. The van der Waals surface area contributed by atoms with Gasteiger partial charge in [0, 0.05) is 12.8 Å². The summed E-state index contributed by atoms with van der Waals surface area (Å²) >= 11 is 0. The van der Waals surface area contributed by atoms with Gasteiger partial charge in [0.05, 0.1) is 17.8 Å². The highest BCUT2D eigenvalue weighted by atomic mass is 19.4. The Morgan fingerprint density at radius 3 is 2.75 bits per heavy atom. The van der Waals surface area contributed by atoms with Crippen molar-refractivity contribution in [2.24, 2.45) is 0 Å². The van der Waals surface area contributed by atoms with E-state index in [1.807, 2.05) is 6.92 Å². The van der Waals surface area contributed by atoms with Crippen molar-refractivity contribution in [3.63, 3.8) is 0 Å². The first kappa shape index (κ1) is 21.9. The Hall–Kier alpha value is -3.34. The molecule has 2 unspecified atom stereocenters. The zero-order chi connectivity index (χ0) is 22.9. The second-order valence-corrected chi connectivity index (χ2v) is 7.61. The first-order chi connectivity index (χ1) is 15.2. The summed E-state index contributed by atoms with van der Waals surface area (Å²) in [5, 5.41) is 5.56. The number of hydrogen-bond acceptors (Lipinski definition) is 5. The third kappa shape index (κ3) is 4.93.